The van der Waals surface area contributed by atoms with Crippen molar-refractivity contribution in [3.8, 4) is 11.3 Å². The zero-order chi connectivity index (χ0) is 20.1. The highest BCUT2D eigenvalue weighted by molar-refractivity contribution is 9.10. The third-order valence-electron chi connectivity index (χ3n) is 4.84. The zero-order valence-corrected chi connectivity index (χ0v) is 18.7. The van der Waals surface area contributed by atoms with Crippen LogP contribution in [-0.2, 0) is 19.5 Å². The molecule has 2 aromatic carbocycles. The van der Waals surface area contributed by atoms with Crippen LogP contribution in [0.4, 0.5) is 5.69 Å². The van der Waals surface area contributed by atoms with Crippen molar-refractivity contribution < 1.29 is 0 Å². The van der Waals surface area contributed by atoms with Gasteiger partial charge >= 0.3 is 0 Å². The molecule has 0 saturated carbocycles. The van der Waals surface area contributed by atoms with E-state index in [0.29, 0.717) is 0 Å². The molecule has 4 aromatic rings. The summed E-state index contributed by atoms with van der Waals surface area (Å²) in [6, 6.07) is 17.0. The summed E-state index contributed by atoms with van der Waals surface area (Å²) in [7, 11) is 0. The molecule has 0 aliphatic rings. The van der Waals surface area contributed by atoms with Crippen molar-refractivity contribution in [3.05, 3.63) is 87.5 Å². The Morgan fingerprint density at radius 2 is 1.97 bits per heavy atom. The summed E-state index contributed by atoms with van der Waals surface area (Å²) >= 11 is 5.29. The molecule has 6 heteroatoms. The Labute approximate surface area is 183 Å². The molecular weight excluding hydrogens is 444 g/mol. The van der Waals surface area contributed by atoms with Gasteiger partial charge in [-0.15, -0.1) is 11.3 Å². The predicted molar refractivity (Wildman–Crippen MR) is 123 cm³/mol. The van der Waals surface area contributed by atoms with E-state index in [4.69, 9.17) is 4.99 Å². The molecule has 4 rings (SSSR count). The number of nitrogens with zero attached hydrogens (tertiary/aromatic N) is 4. The van der Waals surface area contributed by atoms with Gasteiger partial charge in [-0.3, -0.25) is 0 Å². The van der Waals surface area contributed by atoms with Gasteiger partial charge in [-0.2, -0.15) is 0 Å². The first-order valence-electron chi connectivity index (χ1n) is 9.76. The van der Waals surface area contributed by atoms with Crippen molar-refractivity contribution >= 4 is 33.0 Å². The smallest absolute Gasteiger partial charge is 0.190 e. The van der Waals surface area contributed by atoms with Crippen LogP contribution in [0.5, 0.6) is 0 Å². The highest BCUT2D eigenvalue weighted by Crippen LogP contribution is 2.24. The number of thiazole rings is 1. The molecule has 0 atom stereocenters. The Morgan fingerprint density at radius 3 is 2.69 bits per heavy atom. The Balaban J connectivity index is 1.68. The van der Waals surface area contributed by atoms with Gasteiger partial charge in [-0.05, 0) is 42.7 Å². The van der Waals surface area contributed by atoms with E-state index in [9.17, 15) is 0 Å². The van der Waals surface area contributed by atoms with Crippen LogP contribution in [0.1, 0.15) is 18.9 Å². The van der Waals surface area contributed by atoms with Crippen LogP contribution in [0.25, 0.3) is 11.3 Å². The topological polar surface area (TPSA) is 35.1 Å². The molecule has 148 valence electrons. The molecule has 29 heavy (non-hydrogen) atoms. The lowest BCUT2D eigenvalue weighted by atomic mass is 10.1. The lowest BCUT2D eigenvalue weighted by Crippen LogP contribution is -2.17. The first-order chi connectivity index (χ1) is 14.2. The number of aromatic nitrogens is 3. The average molecular weight is 467 g/mol. The SMILES string of the molecule is CCc1ccc(N=c2scc(-c3cccc(Br)c3)n2CCCn2ccnc2)cc1. The normalized spacial score (nSPS) is 11.9. The average Bonchev–Trinajstić information content (AvgIpc) is 3.39. The van der Waals surface area contributed by atoms with Gasteiger partial charge in [-0.25, -0.2) is 9.98 Å². The minimum absolute atomic E-state index is 0.898. The maximum atomic E-state index is 4.95. The number of hydrogen-bond donors (Lipinski definition) is 0. The van der Waals surface area contributed by atoms with Gasteiger partial charge in [0.1, 0.15) is 0 Å². The van der Waals surface area contributed by atoms with Gasteiger partial charge in [0.05, 0.1) is 17.7 Å². The van der Waals surface area contributed by atoms with Gasteiger partial charge in [0.2, 0.25) is 0 Å². The molecule has 0 fully saturated rings. The van der Waals surface area contributed by atoms with Crippen LogP contribution in [0.2, 0.25) is 0 Å². The van der Waals surface area contributed by atoms with Crippen LogP contribution in [0.3, 0.4) is 0 Å². The summed E-state index contributed by atoms with van der Waals surface area (Å²) in [5.74, 6) is 0. The van der Waals surface area contributed by atoms with E-state index in [0.717, 1.165) is 40.9 Å². The predicted octanol–water partition coefficient (Wildman–Crippen LogP) is 6.06. The quantitative estimate of drug-likeness (QED) is 0.325. The Kier molecular flexibility index (Phi) is 6.42. The van der Waals surface area contributed by atoms with Crippen molar-refractivity contribution in [1.82, 2.24) is 14.1 Å². The molecular formula is C23H23BrN4S. The van der Waals surface area contributed by atoms with E-state index >= 15 is 0 Å². The fourth-order valence-corrected chi connectivity index (χ4v) is 4.61. The fourth-order valence-electron chi connectivity index (χ4n) is 3.26. The molecule has 0 aliphatic carbocycles. The summed E-state index contributed by atoms with van der Waals surface area (Å²) in [4.78, 5) is 10.1. The van der Waals surface area contributed by atoms with Crippen LogP contribution in [0, 0.1) is 0 Å². The maximum absolute atomic E-state index is 4.95. The Bertz CT molecular complexity index is 1120. The van der Waals surface area contributed by atoms with Gasteiger partial charge in [0.25, 0.3) is 0 Å². The summed E-state index contributed by atoms with van der Waals surface area (Å²) in [5.41, 5.74) is 4.72. The Morgan fingerprint density at radius 1 is 1.10 bits per heavy atom. The first-order valence-corrected chi connectivity index (χ1v) is 11.4. The second-order valence-electron chi connectivity index (χ2n) is 6.85. The van der Waals surface area contributed by atoms with Gasteiger partial charge in [0, 0.05) is 40.9 Å². The number of hydrogen-bond acceptors (Lipinski definition) is 3. The molecule has 2 aromatic heterocycles. The third-order valence-corrected chi connectivity index (χ3v) is 6.20. The molecule has 0 radical (unpaired) electrons. The standard InChI is InChI=1S/C23H23BrN4S/c1-2-18-7-9-21(10-8-18)26-23-28(13-4-12-27-14-11-25-17-27)22(16-29-23)19-5-3-6-20(24)15-19/h3,5-11,14-17H,2,4,12-13H2,1H3. The molecule has 0 aliphatic heterocycles. The highest BCUT2D eigenvalue weighted by atomic mass is 79.9. The molecule has 4 nitrogen and oxygen atoms in total. The minimum atomic E-state index is 0.898. The van der Waals surface area contributed by atoms with Gasteiger partial charge < -0.3 is 9.13 Å². The third kappa shape index (κ3) is 4.95. The molecule has 0 saturated heterocycles. The van der Waals surface area contributed by atoms with Crippen LogP contribution in [0.15, 0.2) is 82.1 Å². The van der Waals surface area contributed by atoms with Crippen molar-refractivity contribution in [2.75, 3.05) is 0 Å². The molecule has 0 bridgehead atoms. The summed E-state index contributed by atoms with van der Waals surface area (Å²) in [6.07, 6.45) is 7.75. The number of halogens is 1. The number of aryl methyl sites for hydroxylation is 2. The minimum Gasteiger partial charge on any atom is -0.337 e. The largest absolute Gasteiger partial charge is 0.337 e. The summed E-state index contributed by atoms with van der Waals surface area (Å²) < 4.78 is 5.53. The second-order valence-corrected chi connectivity index (χ2v) is 8.60. The molecule has 0 unspecified atom stereocenters. The van der Waals surface area contributed by atoms with Crippen molar-refractivity contribution in [1.29, 1.82) is 0 Å². The second kappa shape index (κ2) is 9.37. The van der Waals surface area contributed by atoms with E-state index in [-0.39, 0.29) is 0 Å². The van der Waals surface area contributed by atoms with E-state index in [1.165, 1.54) is 16.8 Å². The van der Waals surface area contributed by atoms with Gasteiger partial charge in [0.15, 0.2) is 4.80 Å². The van der Waals surface area contributed by atoms with Crippen LogP contribution < -0.4 is 4.80 Å². The van der Waals surface area contributed by atoms with E-state index in [1.54, 1.807) is 11.3 Å². The van der Waals surface area contributed by atoms with E-state index in [1.807, 2.05) is 18.7 Å². The Hall–Kier alpha value is -2.44. The molecule has 2 heterocycles. The fraction of sp³-hybridized carbons (Fsp3) is 0.217. The molecule has 0 amide bonds. The van der Waals surface area contributed by atoms with E-state index in [2.05, 4.69) is 90.9 Å². The van der Waals surface area contributed by atoms with E-state index < -0.39 is 0 Å². The highest BCUT2D eigenvalue weighted by Gasteiger charge is 2.09. The molecule has 0 N–H and O–H groups in total. The van der Waals surface area contributed by atoms with Crippen molar-refractivity contribution in [2.24, 2.45) is 4.99 Å². The first kappa shape index (κ1) is 19.9. The summed E-state index contributed by atoms with van der Waals surface area (Å²) in [6.45, 7) is 4.00. The lowest BCUT2D eigenvalue weighted by Gasteiger charge is -2.10. The monoisotopic (exact) mass is 466 g/mol. The van der Waals surface area contributed by atoms with Crippen molar-refractivity contribution in [2.45, 2.75) is 32.9 Å². The number of imidazole rings is 1. The van der Waals surface area contributed by atoms with Gasteiger partial charge in [-0.1, -0.05) is 47.1 Å². The van der Waals surface area contributed by atoms with Crippen molar-refractivity contribution in [3.63, 3.8) is 0 Å². The maximum Gasteiger partial charge on any atom is 0.190 e. The summed E-state index contributed by atoms with van der Waals surface area (Å²) in [5, 5.41) is 2.21. The zero-order valence-electron chi connectivity index (χ0n) is 16.3. The lowest BCUT2D eigenvalue weighted by molar-refractivity contribution is 0.559. The molecule has 0 spiro atoms. The van der Waals surface area contributed by atoms with Crippen LogP contribution in [-0.4, -0.2) is 14.1 Å². The van der Waals surface area contributed by atoms with Crippen LogP contribution >= 0.6 is 27.3 Å². The number of rotatable bonds is 7. The number of benzene rings is 2.